The third kappa shape index (κ3) is 5.52. The van der Waals surface area contributed by atoms with Gasteiger partial charge in [-0.05, 0) is 35.6 Å². The first kappa shape index (κ1) is 23.0. The summed E-state index contributed by atoms with van der Waals surface area (Å²) in [6.07, 6.45) is 1.67. The van der Waals surface area contributed by atoms with Gasteiger partial charge < -0.3 is 14.2 Å². The zero-order chi connectivity index (χ0) is 23.1. The zero-order valence-electron chi connectivity index (χ0n) is 17.9. The van der Waals surface area contributed by atoms with Crippen molar-refractivity contribution in [3.8, 4) is 17.6 Å². The van der Waals surface area contributed by atoms with E-state index < -0.39 is 36.1 Å². The average Bonchev–Trinajstić information content (AvgIpc) is 3.35. The fourth-order valence-corrected chi connectivity index (χ4v) is 3.58. The Morgan fingerprint density at radius 1 is 1.16 bits per heavy atom. The molecular formula is C25H24FNO5. The van der Waals surface area contributed by atoms with Gasteiger partial charge in [-0.15, -0.1) is 0 Å². The van der Waals surface area contributed by atoms with Crippen molar-refractivity contribution in [2.75, 3.05) is 13.3 Å². The summed E-state index contributed by atoms with van der Waals surface area (Å²) in [7, 11) is 0. The fraction of sp³-hybridized carbons (Fsp3) is 0.320. The predicted molar refractivity (Wildman–Crippen MR) is 114 cm³/mol. The van der Waals surface area contributed by atoms with E-state index >= 15 is 0 Å². The quantitative estimate of drug-likeness (QED) is 0.409. The Kier molecular flexibility index (Phi) is 7.26. The van der Waals surface area contributed by atoms with Crippen LogP contribution >= 0.6 is 0 Å². The van der Waals surface area contributed by atoms with Crippen molar-refractivity contribution in [1.29, 1.82) is 5.26 Å². The number of rotatable bonds is 9. The molecule has 2 aromatic carbocycles. The molecule has 1 aliphatic carbocycles. The standard InChI is InChI=1S/C25H24FNO5/c1-25(2)20(11-12-22(28)30-14-13-26)23(25)24(29)32-21(16-27)17-7-6-10-19(15-17)31-18-8-4-3-5-9-18/h3-12,15,20-21,23H,13-14H2,1-2H3/b12-11-/t20-,21+,23-/m0/s1. The van der Waals surface area contributed by atoms with Crippen LogP contribution in [0.2, 0.25) is 0 Å². The van der Waals surface area contributed by atoms with E-state index in [0.717, 1.165) is 0 Å². The van der Waals surface area contributed by atoms with Gasteiger partial charge in [0.1, 0.15) is 30.8 Å². The molecule has 0 bridgehead atoms. The molecule has 166 valence electrons. The SMILES string of the molecule is CC1(C)[C@H](C(=O)O[C@H](C#N)c2cccc(Oc3ccccc3)c2)[C@@H]1/C=C\C(=O)OCCF. The van der Waals surface area contributed by atoms with Gasteiger partial charge in [-0.1, -0.05) is 50.3 Å². The maximum Gasteiger partial charge on any atom is 0.330 e. The molecule has 32 heavy (non-hydrogen) atoms. The molecule has 0 N–H and O–H groups in total. The van der Waals surface area contributed by atoms with E-state index in [9.17, 15) is 19.2 Å². The van der Waals surface area contributed by atoms with Crippen LogP contribution in [0.5, 0.6) is 11.5 Å². The number of hydrogen-bond donors (Lipinski definition) is 0. The predicted octanol–water partition coefficient (Wildman–Crippen LogP) is 4.93. The molecular weight excluding hydrogens is 413 g/mol. The first-order valence-electron chi connectivity index (χ1n) is 10.2. The van der Waals surface area contributed by atoms with E-state index in [1.54, 1.807) is 30.3 Å². The highest BCUT2D eigenvalue weighted by molar-refractivity contribution is 5.83. The molecule has 0 spiro atoms. The fourth-order valence-electron chi connectivity index (χ4n) is 3.58. The highest BCUT2D eigenvalue weighted by Crippen LogP contribution is 2.59. The molecule has 0 heterocycles. The third-order valence-electron chi connectivity index (χ3n) is 5.42. The third-order valence-corrected chi connectivity index (χ3v) is 5.42. The van der Waals surface area contributed by atoms with Crippen molar-refractivity contribution in [3.63, 3.8) is 0 Å². The van der Waals surface area contributed by atoms with Crippen LogP contribution in [0, 0.1) is 28.6 Å². The van der Waals surface area contributed by atoms with Gasteiger partial charge >= 0.3 is 11.9 Å². The van der Waals surface area contributed by atoms with Gasteiger partial charge in [-0.3, -0.25) is 4.79 Å². The lowest BCUT2D eigenvalue weighted by Crippen LogP contribution is -2.14. The molecule has 1 fully saturated rings. The number of allylic oxidation sites excluding steroid dienone is 1. The Balaban J connectivity index is 1.65. The Labute approximate surface area is 186 Å². The molecule has 0 aromatic heterocycles. The Morgan fingerprint density at radius 2 is 1.88 bits per heavy atom. The Hall–Kier alpha value is -3.66. The van der Waals surface area contributed by atoms with Gasteiger partial charge in [-0.25, -0.2) is 9.18 Å². The molecule has 6 nitrogen and oxygen atoms in total. The second-order valence-electron chi connectivity index (χ2n) is 7.97. The summed E-state index contributed by atoms with van der Waals surface area (Å²) < 4.78 is 28.0. The van der Waals surface area contributed by atoms with E-state index in [2.05, 4.69) is 4.74 Å². The Morgan fingerprint density at radius 3 is 2.56 bits per heavy atom. The van der Waals surface area contributed by atoms with Crippen molar-refractivity contribution in [3.05, 3.63) is 72.3 Å². The second-order valence-corrected chi connectivity index (χ2v) is 7.97. The van der Waals surface area contributed by atoms with Crippen molar-refractivity contribution in [1.82, 2.24) is 0 Å². The lowest BCUT2D eigenvalue weighted by Gasteiger charge is -2.13. The van der Waals surface area contributed by atoms with Gasteiger partial charge in [0.2, 0.25) is 6.10 Å². The summed E-state index contributed by atoms with van der Waals surface area (Å²) in [4.78, 5) is 24.3. The topological polar surface area (TPSA) is 85.6 Å². The number of alkyl halides is 1. The van der Waals surface area contributed by atoms with E-state index in [4.69, 9.17) is 9.47 Å². The van der Waals surface area contributed by atoms with Crippen LogP contribution in [-0.2, 0) is 19.1 Å². The molecule has 0 saturated heterocycles. The van der Waals surface area contributed by atoms with Crippen LogP contribution in [0.3, 0.4) is 0 Å². The summed E-state index contributed by atoms with van der Waals surface area (Å²) in [6, 6.07) is 18.0. The van der Waals surface area contributed by atoms with Crippen molar-refractivity contribution in [2.45, 2.75) is 20.0 Å². The molecule has 2 aromatic rings. The Bertz CT molecular complexity index is 1030. The van der Waals surface area contributed by atoms with E-state index in [0.29, 0.717) is 17.1 Å². The van der Waals surface area contributed by atoms with Gasteiger partial charge in [0.25, 0.3) is 0 Å². The summed E-state index contributed by atoms with van der Waals surface area (Å²) in [5, 5.41) is 9.59. The van der Waals surface area contributed by atoms with Crippen LogP contribution in [0.4, 0.5) is 4.39 Å². The van der Waals surface area contributed by atoms with Gasteiger partial charge in [0.15, 0.2) is 0 Å². The smallest absolute Gasteiger partial charge is 0.330 e. The van der Waals surface area contributed by atoms with Crippen molar-refractivity contribution < 1.29 is 28.2 Å². The van der Waals surface area contributed by atoms with Crippen LogP contribution < -0.4 is 4.74 Å². The summed E-state index contributed by atoms with van der Waals surface area (Å²) in [5.41, 5.74) is 0.0568. The molecule has 0 amide bonds. The van der Waals surface area contributed by atoms with E-state index in [-0.39, 0.29) is 12.5 Å². The monoisotopic (exact) mass is 437 g/mol. The number of esters is 2. The minimum atomic E-state index is -1.10. The lowest BCUT2D eigenvalue weighted by molar-refractivity contribution is -0.149. The zero-order valence-corrected chi connectivity index (χ0v) is 17.9. The van der Waals surface area contributed by atoms with Crippen LogP contribution in [0.25, 0.3) is 0 Å². The lowest BCUT2D eigenvalue weighted by atomic mass is 10.1. The minimum Gasteiger partial charge on any atom is -0.460 e. The van der Waals surface area contributed by atoms with Crippen LogP contribution in [0.1, 0.15) is 25.5 Å². The first-order chi connectivity index (χ1) is 15.4. The number of para-hydroxylation sites is 1. The number of carbonyl (C=O) groups is 2. The van der Waals surface area contributed by atoms with Crippen LogP contribution in [-0.4, -0.2) is 25.2 Å². The highest BCUT2D eigenvalue weighted by Gasteiger charge is 2.61. The molecule has 0 aliphatic heterocycles. The normalized spacial score (nSPS) is 19.6. The average molecular weight is 437 g/mol. The second kappa shape index (κ2) is 10.1. The molecule has 1 aliphatic rings. The molecule has 0 radical (unpaired) electrons. The molecule has 7 heteroatoms. The van der Waals surface area contributed by atoms with Gasteiger partial charge in [0, 0.05) is 11.6 Å². The van der Waals surface area contributed by atoms with Crippen molar-refractivity contribution in [2.24, 2.45) is 17.3 Å². The number of nitrogens with zero attached hydrogens (tertiary/aromatic N) is 1. The minimum absolute atomic E-state index is 0.250. The summed E-state index contributed by atoms with van der Waals surface area (Å²) >= 11 is 0. The largest absolute Gasteiger partial charge is 0.460 e. The number of hydrogen-bond acceptors (Lipinski definition) is 6. The first-order valence-corrected chi connectivity index (χ1v) is 10.2. The number of nitriles is 1. The maximum atomic E-state index is 12.8. The van der Waals surface area contributed by atoms with Gasteiger partial charge in [-0.2, -0.15) is 5.26 Å². The van der Waals surface area contributed by atoms with Gasteiger partial charge in [0.05, 0.1) is 5.92 Å². The molecule has 3 atom stereocenters. The molecule has 1 saturated carbocycles. The number of carbonyl (C=O) groups excluding carboxylic acids is 2. The maximum absolute atomic E-state index is 12.8. The molecule has 0 unspecified atom stereocenters. The number of ether oxygens (including phenoxy) is 3. The van der Waals surface area contributed by atoms with E-state index in [1.165, 1.54) is 6.08 Å². The summed E-state index contributed by atoms with van der Waals surface area (Å²) in [5.74, 6) is -0.781. The van der Waals surface area contributed by atoms with E-state index in [1.807, 2.05) is 50.2 Å². The number of benzene rings is 2. The van der Waals surface area contributed by atoms with Crippen molar-refractivity contribution >= 4 is 11.9 Å². The number of halogens is 1. The molecule has 3 rings (SSSR count). The summed E-state index contributed by atoms with van der Waals surface area (Å²) in [6.45, 7) is 2.68. The highest BCUT2D eigenvalue weighted by atomic mass is 19.1. The van der Waals surface area contributed by atoms with Crippen LogP contribution in [0.15, 0.2) is 66.7 Å².